The number of nitrogens with one attached hydrogen (secondary N) is 1. The summed E-state index contributed by atoms with van der Waals surface area (Å²) < 4.78 is 1.84. The molecule has 1 fully saturated rings. The molecule has 155 valence electrons. The van der Waals surface area contributed by atoms with Crippen molar-refractivity contribution < 1.29 is 4.79 Å². The molecule has 3 aromatic rings. The number of piperazine rings is 1. The van der Waals surface area contributed by atoms with E-state index in [9.17, 15) is 4.79 Å². The molecule has 0 saturated carbocycles. The molecule has 1 atom stereocenters. The number of benzene rings is 1. The number of anilines is 1. The normalized spacial score (nSPS) is 16.8. The maximum Gasteiger partial charge on any atom is 0.254 e. The summed E-state index contributed by atoms with van der Waals surface area (Å²) in [5.41, 5.74) is 0.620. The first-order valence-corrected chi connectivity index (χ1v) is 10.2. The first-order valence-electron chi connectivity index (χ1n) is 10.2. The Morgan fingerprint density at radius 3 is 2.37 bits per heavy atom. The second kappa shape index (κ2) is 9.04. The lowest BCUT2D eigenvalue weighted by Gasteiger charge is -2.47. The summed E-state index contributed by atoms with van der Waals surface area (Å²) in [4.78, 5) is 26.3. The van der Waals surface area contributed by atoms with E-state index in [4.69, 9.17) is 0 Å². The van der Waals surface area contributed by atoms with Crippen LogP contribution in [0.1, 0.15) is 23.2 Å². The fraction of sp³-hybridized carbons (Fsp3) is 0.318. The van der Waals surface area contributed by atoms with Crippen LogP contribution in [0, 0.1) is 6.92 Å². The molecule has 1 unspecified atom stereocenters. The highest BCUT2D eigenvalue weighted by Crippen LogP contribution is 2.27. The second-order valence-electron chi connectivity index (χ2n) is 7.21. The van der Waals surface area contributed by atoms with Gasteiger partial charge in [-0.05, 0) is 30.7 Å². The van der Waals surface area contributed by atoms with Gasteiger partial charge >= 0.3 is 0 Å². The molecule has 0 bridgehead atoms. The third kappa shape index (κ3) is 4.04. The molecular formula is C22H26N7O. The minimum Gasteiger partial charge on any atom is -0.338 e. The predicted octanol–water partition coefficient (Wildman–Crippen LogP) is 2.15. The lowest BCUT2D eigenvalue weighted by atomic mass is 10.1. The first kappa shape index (κ1) is 20.0. The van der Waals surface area contributed by atoms with Crippen LogP contribution in [0.25, 0.3) is 0 Å². The van der Waals surface area contributed by atoms with E-state index in [2.05, 4.69) is 37.1 Å². The summed E-state index contributed by atoms with van der Waals surface area (Å²) in [7, 11) is 0. The van der Waals surface area contributed by atoms with Crippen molar-refractivity contribution in [3.8, 4) is 0 Å². The second-order valence-corrected chi connectivity index (χ2v) is 7.21. The van der Waals surface area contributed by atoms with Crippen molar-refractivity contribution in [2.45, 2.75) is 18.6 Å². The van der Waals surface area contributed by atoms with Crippen molar-refractivity contribution in [1.29, 1.82) is 0 Å². The van der Waals surface area contributed by atoms with Gasteiger partial charge in [0.2, 0.25) is 5.95 Å². The number of rotatable bonds is 7. The lowest BCUT2D eigenvalue weighted by molar-refractivity contribution is -0.0318. The minimum atomic E-state index is -0.790. The Hall–Kier alpha value is -3.26. The van der Waals surface area contributed by atoms with Crippen molar-refractivity contribution in [2.75, 3.05) is 31.1 Å². The fourth-order valence-corrected chi connectivity index (χ4v) is 3.92. The van der Waals surface area contributed by atoms with E-state index >= 15 is 0 Å². The van der Waals surface area contributed by atoms with Crippen molar-refractivity contribution in [3.63, 3.8) is 0 Å². The summed E-state index contributed by atoms with van der Waals surface area (Å²) in [5, 5.41) is 7.77. The summed E-state index contributed by atoms with van der Waals surface area (Å²) in [6.07, 6.45) is 8.43. The van der Waals surface area contributed by atoms with Gasteiger partial charge in [0.15, 0.2) is 5.79 Å². The van der Waals surface area contributed by atoms with Gasteiger partial charge in [0.1, 0.15) is 0 Å². The summed E-state index contributed by atoms with van der Waals surface area (Å²) >= 11 is 0. The summed E-state index contributed by atoms with van der Waals surface area (Å²) in [5.74, 6) is -0.192. The number of amides is 1. The molecule has 0 spiro atoms. The standard InChI is InChI=1S/C22H26N7O/c1-2-10-22(29-14-7-13-25-29,26-20(30)19-8-4-3-5-9-19)28-17-15-27(16-18-28)21-23-11-6-12-24-21/h3-9,11-14H,1-2,10,15-18H2,(H,26,30). The summed E-state index contributed by atoms with van der Waals surface area (Å²) in [6, 6.07) is 13.0. The first-order chi connectivity index (χ1) is 14.7. The van der Waals surface area contributed by atoms with Crippen LogP contribution in [0.4, 0.5) is 5.95 Å². The van der Waals surface area contributed by atoms with Crippen LogP contribution in [0.3, 0.4) is 0 Å². The number of carbonyl (C=O) groups excluding carboxylic acids is 1. The molecule has 4 rings (SSSR count). The molecule has 1 N–H and O–H groups in total. The van der Waals surface area contributed by atoms with Crippen LogP contribution in [-0.2, 0) is 5.79 Å². The quantitative estimate of drug-likeness (QED) is 0.650. The van der Waals surface area contributed by atoms with Gasteiger partial charge in [0.05, 0.1) is 0 Å². The van der Waals surface area contributed by atoms with Gasteiger partial charge < -0.3 is 10.2 Å². The molecule has 1 aliphatic heterocycles. The average molecular weight is 404 g/mol. The van der Waals surface area contributed by atoms with E-state index in [0.717, 1.165) is 32.1 Å². The molecule has 8 nitrogen and oxygen atoms in total. The van der Waals surface area contributed by atoms with E-state index < -0.39 is 5.79 Å². The molecule has 2 aromatic heterocycles. The number of hydrogen-bond acceptors (Lipinski definition) is 6. The highest BCUT2D eigenvalue weighted by molar-refractivity contribution is 5.94. The van der Waals surface area contributed by atoms with Gasteiger partial charge in [0.25, 0.3) is 5.91 Å². The molecule has 8 heteroatoms. The highest BCUT2D eigenvalue weighted by atomic mass is 16.2. The summed E-state index contributed by atoms with van der Waals surface area (Å²) in [6.45, 7) is 7.04. The Morgan fingerprint density at radius 1 is 1.00 bits per heavy atom. The van der Waals surface area contributed by atoms with E-state index in [0.29, 0.717) is 18.4 Å². The van der Waals surface area contributed by atoms with Crippen molar-refractivity contribution in [1.82, 2.24) is 30.0 Å². The zero-order valence-electron chi connectivity index (χ0n) is 16.9. The maximum absolute atomic E-state index is 13.1. The van der Waals surface area contributed by atoms with Gasteiger partial charge in [-0.3, -0.25) is 9.69 Å². The highest BCUT2D eigenvalue weighted by Gasteiger charge is 2.41. The molecule has 1 radical (unpaired) electrons. The van der Waals surface area contributed by atoms with Crippen molar-refractivity contribution in [2.24, 2.45) is 0 Å². The van der Waals surface area contributed by atoms with Crippen molar-refractivity contribution >= 4 is 11.9 Å². The number of carbonyl (C=O) groups is 1. The minimum absolute atomic E-state index is 0.131. The Balaban J connectivity index is 1.60. The monoisotopic (exact) mass is 404 g/mol. The molecule has 1 aromatic carbocycles. The maximum atomic E-state index is 13.1. The molecule has 1 saturated heterocycles. The molecular weight excluding hydrogens is 378 g/mol. The van der Waals surface area contributed by atoms with Crippen LogP contribution in [0.5, 0.6) is 0 Å². The Morgan fingerprint density at radius 2 is 1.73 bits per heavy atom. The molecule has 30 heavy (non-hydrogen) atoms. The van der Waals surface area contributed by atoms with Crippen LogP contribution in [-0.4, -0.2) is 56.7 Å². The van der Waals surface area contributed by atoms with Gasteiger partial charge in [0, 0.05) is 63.0 Å². The van der Waals surface area contributed by atoms with E-state index in [1.54, 1.807) is 18.6 Å². The molecule has 1 amide bonds. The lowest BCUT2D eigenvalue weighted by Crippen LogP contribution is -2.66. The third-order valence-corrected chi connectivity index (χ3v) is 5.40. The third-order valence-electron chi connectivity index (χ3n) is 5.40. The number of aromatic nitrogens is 4. The SMILES string of the molecule is [CH2]CCC(NC(=O)c1ccccc1)(N1CCN(c2ncccn2)CC1)n1cccn1. The van der Waals surface area contributed by atoms with Gasteiger partial charge in [-0.15, -0.1) is 0 Å². The van der Waals surface area contributed by atoms with Gasteiger partial charge in [-0.25, -0.2) is 14.6 Å². The average Bonchev–Trinajstić information content (AvgIpc) is 3.35. The van der Waals surface area contributed by atoms with Crippen LogP contribution in [0.15, 0.2) is 67.3 Å². The zero-order valence-corrected chi connectivity index (χ0v) is 16.9. The van der Waals surface area contributed by atoms with Crippen LogP contribution < -0.4 is 10.2 Å². The Bertz CT molecular complexity index is 925. The largest absolute Gasteiger partial charge is 0.338 e. The number of nitrogens with zero attached hydrogens (tertiary/aromatic N) is 6. The Kier molecular flexibility index (Phi) is 6.04. The van der Waals surface area contributed by atoms with Crippen molar-refractivity contribution in [3.05, 3.63) is 79.7 Å². The smallest absolute Gasteiger partial charge is 0.254 e. The van der Waals surface area contributed by atoms with E-state index in [1.807, 2.05) is 53.3 Å². The fourth-order valence-electron chi connectivity index (χ4n) is 3.92. The van der Waals surface area contributed by atoms with Crippen LogP contribution in [0.2, 0.25) is 0 Å². The van der Waals surface area contributed by atoms with E-state index in [-0.39, 0.29) is 5.91 Å². The number of hydrogen-bond donors (Lipinski definition) is 1. The Labute approximate surface area is 176 Å². The molecule has 0 aliphatic carbocycles. The van der Waals surface area contributed by atoms with Gasteiger partial charge in [-0.1, -0.05) is 25.1 Å². The predicted molar refractivity (Wildman–Crippen MR) is 115 cm³/mol. The molecule has 1 aliphatic rings. The topological polar surface area (TPSA) is 79.2 Å². The van der Waals surface area contributed by atoms with E-state index in [1.165, 1.54) is 0 Å². The zero-order chi connectivity index (χ0) is 20.8. The molecule has 3 heterocycles. The van der Waals surface area contributed by atoms with Crippen LogP contribution >= 0.6 is 0 Å². The van der Waals surface area contributed by atoms with Gasteiger partial charge in [-0.2, -0.15) is 5.10 Å².